The molecular weight excluding hydrogens is 180 g/mol. The van der Waals surface area contributed by atoms with E-state index < -0.39 is 0 Å². The van der Waals surface area contributed by atoms with Crippen molar-refractivity contribution in [3.05, 3.63) is 9.93 Å². The summed E-state index contributed by atoms with van der Waals surface area (Å²) in [6.45, 7) is 0.956. The van der Waals surface area contributed by atoms with Gasteiger partial charge in [0.2, 0.25) is 0 Å². The van der Waals surface area contributed by atoms with Crippen LogP contribution in [0.1, 0.15) is 0 Å². The minimum absolute atomic E-state index is 0.105. The summed E-state index contributed by atoms with van der Waals surface area (Å²) in [5.74, 6) is 0.944. The lowest BCUT2D eigenvalue weighted by Gasteiger charge is -1.98. The molecule has 0 unspecified atom stereocenters. The van der Waals surface area contributed by atoms with Crippen LogP contribution < -0.4 is 5.32 Å². The number of hydrogen-bond donors (Lipinski definition) is 1. The number of nitrogens with zero attached hydrogens (tertiary/aromatic N) is 1. The standard InChI is InChI=1S/C6H6N2OS2/c9-5-4(11-3-8-5)6-7-1-2-10-6/h3,7H,1-2H2. The van der Waals surface area contributed by atoms with Crippen molar-refractivity contribution >= 4 is 35.0 Å². The maximum absolute atomic E-state index is 11.0. The maximum atomic E-state index is 11.0. The first-order chi connectivity index (χ1) is 5.38. The highest BCUT2D eigenvalue weighted by molar-refractivity contribution is 8.17. The number of thioether (sulfide) groups is 2. The second kappa shape index (κ2) is 2.91. The third kappa shape index (κ3) is 1.30. The molecule has 2 aliphatic heterocycles. The van der Waals surface area contributed by atoms with Gasteiger partial charge in [-0.2, -0.15) is 0 Å². The van der Waals surface area contributed by atoms with Crippen molar-refractivity contribution in [1.82, 2.24) is 5.32 Å². The van der Waals surface area contributed by atoms with Gasteiger partial charge in [0.1, 0.15) is 4.91 Å². The fourth-order valence-corrected chi connectivity index (χ4v) is 2.64. The number of hydrogen-bond acceptors (Lipinski definition) is 4. The second-order valence-electron chi connectivity index (χ2n) is 2.09. The highest BCUT2D eigenvalue weighted by Gasteiger charge is 2.21. The summed E-state index contributed by atoms with van der Waals surface area (Å²) in [6.07, 6.45) is 0. The van der Waals surface area contributed by atoms with Crippen LogP contribution in [0.3, 0.4) is 0 Å². The molecule has 11 heavy (non-hydrogen) atoms. The van der Waals surface area contributed by atoms with Crippen LogP contribution >= 0.6 is 23.5 Å². The first-order valence-corrected chi connectivity index (χ1v) is 5.09. The molecule has 1 fully saturated rings. The Morgan fingerprint density at radius 1 is 1.64 bits per heavy atom. The molecule has 0 spiro atoms. The molecule has 2 aliphatic rings. The van der Waals surface area contributed by atoms with Crippen LogP contribution in [-0.4, -0.2) is 23.8 Å². The summed E-state index contributed by atoms with van der Waals surface area (Å²) in [6, 6.07) is 0. The third-order valence-electron chi connectivity index (χ3n) is 1.38. The summed E-state index contributed by atoms with van der Waals surface area (Å²) >= 11 is 3.09. The fraction of sp³-hybridized carbons (Fsp3) is 0.333. The van der Waals surface area contributed by atoms with Crippen molar-refractivity contribution in [3.63, 3.8) is 0 Å². The van der Waals surface area contributed by atoms with Gasteiger partial charge < -0.3 is 5.32 Å². The monoisotopic (exact) mass is 186 g/mol. The van der Waals surface area contributed by atoms with E-state index in [0.717, 1.165) is 22.2 Å². The molecule has 0 aliphatic carbocycles. The van der Waals surface area contributed by atoms with E-state index in [1.165, 1.54) is 11.8 Å². The molecule has 1 amide bonds. The molecule has 1 saturated heterocycles. The Morgan fingerprint density at radius 2 is 2.55 bits per heavy atom. The van der Waals surface area contributed by atoms with E-state index in [4.69, 9.17) is 0 Å². The molecule has 3 nitrogen and oxygen atoms in total. The van der Waals surface area contributed by atoms with E-state index in [0.29, 0.717) is 0 Å². The van der Waals surface area contributed by atoms with Crippen LogP contribution in [0.4, 0.5) is 0 Å². The van der Waals surface area contributed by atoms with Gasteiger partial charge in [-0.1, -0.05) is 11.8 Å². The Morgan fingerprint density at radius 3 is 3.09 bits per heavy atom. The smallest absolute Gasteiger partial charge is 0.286 e. The Bertz CT molecular complexity index is 251. The van der Waals surface area contributed by atoms with Gasteiger partial charge in [-0.15, -0.1) is 11.8 Å². The number of rotatable bonds is 0. The summed E-state index contributed by atoms with van der Waals surface area (Å²) in [7, 11) is 0. The quantitative estimate of drug-likeness (QED) is 0.568. The van der Waals surface area contributed by atoms with Gasteiger partial charge in [0.05, 0.1) is 10.6 Å². The normalized spacial score (nSPS) is 29.6. The van der Waals surface area contributed by atoms with Crippen molar-refractivity contribution in [1.29, 1.82) is 0 Å². The topological polar surface area (TPSA) is 41.5 Å². The largest absolute Gasteiger partial charge is 0.378 e. The number of amides is 1. The van der Waals surface area contributed by atoms with E-state index in [1.54, 1.807) is 17.3 Å². The van der Waals surface area contributed by atoms with Crippen molar-refractivity contribution < 1.29 is 4.79 Å². The molecule has 0 saturated carbocycles. The molecule has 0 radical (unpaired) electrons. The fourth-order valence-electron chi connectivity index (χ4n) is 0.901. The van der Waals surface area contributed by atoms with Crippen molar-refractivity contribution in [3.8, 4) is 0 Å². The summed E-state index contributed by atoms with van der Waals surface area (Å²) in [4.78, 5) is 15.4. The molecule has 2 rings (SSSR count). The van der Waals surface area contributed by atoms with Crippen LogP contribution in [0.5, 0.6) is 0 Å². The van der Waals surface area contributed by atoms with Gasteiger partial charge in [-0.3, -0.25) is 4.79 Å². The highest BCUT2D eigenvalue weighted by Crippen LogP contribution is 2.31. The average molecular weight is 186 g/mol. The number of nitrogens with one attached hydrogen (secondary N) is 1. The zero-order chi connectivity index (χ0) is 7.68. The van der Waals surface area contributed by atoms with E-state index in [1.807, 2.05) is 0 Å². The van der Waals surface area contributed by atoms with Crippen LogP contribution in [0.25, 0.3) is 0 Å². The number of carbonyl (C=O) groups excluding carboxylic acids is 1. The summed E-state index contributed by atoms with van der Waals surface area (Å²) in [5, 5.41) is 4.15. The molecule has 58 valence electrons. The molecule has 5 heteroatoms. The predicted molar refractivity (Wildman–Crippen MR) is 48.6 cm³/mol. The lowest BCUT2D eigenvalue weighted by Crippen LogP contribution is -2.07. The van der Waals surface area contributed by atoms with Crippen molar-refractivity contribution in [2.24, 2.45) is 4.99 Å². The van der Waals surface area contributed by atoms with Gasteiger partial charge in [0.25, 0.3) is 5.91 Å². The van der Waals surface area contributed by atoms with Gasteiger partial charge in [-0.05, 0) is 0 Å². The molecule has 1 N–H and O–H groups in total. The van der Waals surface area contributed by atoms with E-state index in [-0.39, 0.29) is 5.91 Å². The van der Waals surface area contributed by atoms with Gasteiger partial charge in [0, 0.05) is 12.3 Å². The van der Waals surface area contributed by atoms with Crippen LogP contribution in [0, 0.1) is 0 Å². The number of aliphatic imine (C=N–C) groups is 1. The van der Waals surface area contributed by atoms with Gasteiger partial charge in [0.15, 0.2) is 0 Å². The summed E-state index contributed by atoms with van der Waals surface area (Å²) < 4.78 is 0. The molecule has 0 aromatic rings. The van der Waals surface area contributed by atoms with Crippen molar-refractivity contribution in [2.75, 3.05) is 12.3 Å². The van der Waals surface area contributed by atoms with Crippen LogP contribution in [0.15, 0.2) is 14.9 Å². The van der Waals surface area contributed by atoms with Crippen LogP contribution in [-0.2, 0) is 4.79 Å². The third-order valence-corrected chi connectivity index (χ3v) is 3.37. The lowest BCUT2D eigenvalue weighted by molar-refractivity contribution is -0.113. The molecule has 0 bridgehead atoms. The van der Waals surface area contributed by atoms with E-state index in [9.17, 15) is 4.79 Å². The molecule has 0 atom stereocenters. The maximum Gasteiger partial charge on any atom is 0.286 e. The van der Waals surface area contributed by atoms with Gasteiger partial charge in [-0.25, -0.2) is 4.99 Å². The van der Waals surface area contributed by atoms with Gasteiger partial charge >= 0.3 is 0 Å². The summed E-state index contributed by atoms with van der Waals surface area (Å²) in [5.41, 5.74) is 1.59. The molecule has 0 aromatic heterocycles. The predicted octanol–water partition coefficient (Wildman–Crippen LogP) is 0.794. The van der Waals surface area contributed by atoms with E-state index in [2.05, 4.69) is 10.3 Å². The molecule has 2 heterocycles. The molecule has 0 aromatic carbocycles. The lowest BCUT2D eigenvalue weighted by atomic mass is 10.5. The van der Waals surface area contributed by atoms with Crippen LogP contribution in [0.2, 0.25) is 0 Å². The first kappa shape index (κ1) is 7.24. The zero-order valence-electron chi connectivity index (χ0n) is 5.66. The van der Waals surface area contributed by atoms with Crippen molar-refractivity contribution in [2.45, 2.75) is 0 Å². The zero-order valence-corrected chi connectivity index (χ0v) is 7.30. The highest BCUT2D eigenvalue weighted by atomic mass is 32.2. The Kier molecular flexibility index (Phi) is 1.91. The SMILES string of the molecule is O=C1N=CSC1=C1NCCS1. The second-order valence-corrected chi connectivity index (χ2v) is 4.05. The average Bonchev–Trinajstić information content (AvgIpc) is 2.55. The number of carbonyl (C=O) groups is 1. The molecular formula is C6H6N2OS2. The Balaban J connectivity index is 2.26. The minimum Gasteiger partial charge on any atom is -0.378 e. The first-order valence-electron chi connectivity index (χ1n) is 3.22. The Labute approximate surface area is 72.7 Å². The van der Waals surface area contributed by atoms with E-state index >= 15 is 0 Å². The Hall–Kier alpha value is -0.420. The minimum atomic E-state index is -0.105.